The molecule has 7 heteroatoms. The third-order valence-corrected chi connectivity index (χ3v) is 5.67. The van der Waals surface area contributed by atoms with Crippen LogP contribution in [-0.4, -0.2) is 41.2 Å². The first-order valence-corrected chi connectivity index (χ1v) is 11.1. The van der Waals surface area contributed by atoms with E-state index in [2.05, 4.69) is 10.1 Å². The molecule has 0 radical (unpaired) electrons. The van der Waals surface area contributed by atoms with Gasteiger partial charge in [0.05, 0.1) is 20.1 Å². The summed E-state index contributed by atoms with van der Waals surface area (Å²) in [5, 5.41) is 4.12. The van der Waals surface area contributed by atoms with Crippen molar-refractivity contribution in [1.29, 1.82) is 0 Å². The zero-order valence-electron chi connectivity index (χ0n) is 18.6. The van der Waals surface area contributed by atoms with Gasteiger partial charge in [-0.05, 0) is 61.6 Å². The summed E-state index contributed by atoms with van der Waals surface area (Å²) in [5.41, 5.74) is 2.08. The van der Waals surface area contributed by atoms with Crippen LogP contribution in [0.1, 0.15) is 48.1 Å². The van der Waals surface area contributed by atoms with Crippen molar-refractivity contribution in [2.24, 2.45) is 0 Å². The summed E-state index contributed by atoms with van der Waals surface area (Å²) in [4.78, 5) is 19.5. The fraction of sp³-hybridized carbons (Fsp3) is 0.400. The Bertz CT molecular complexity index is 1050. The van der Waals surface area contributed by atoms with Gasteiger partial charge in [0.25, 0.3) is 0 Å². The Balaban J connectivity index is 1.38. The van der Waals surface area contributed by atoms with Crippen LogP contribution in [0.25, 0.3) is 0 Å². The predicted octanol–water partition coefficient (Wildman–Crippen LogP) is 4.30. The van der Waals surface area contributed by atoms with Crippen molar-refractivity contribution >= 4 is 5.91 Å². The number of hydrogen-bond donors (Lipinski definition) is 0. The molecule has 0 aliphatic carbocycles. The maximum Gasteiger partial charge on any atom is 0.249 e. The van der Waals surface area contributed by atoms with Gasteiger partial charge in [-0.25, -0.2) is 0 Å². The van der Waals surface area contributed by atoms with Gasteiger partial charge in [0.2, 0.25) is 11.8 Å². The second-order valence-corrected chi connectivity index (χ2v) is 8.09. The summed E-state index contributed by atoms with van der Waals surface area (Å²) in [6.07, 6.45) is 3.69. The fourth-order valence-corrected chi connectivity index (χ4v) is 4.02. The molecule has 0 spiro atoms. The molecule has 1 aromatic heterocycles. The first kappa shape index (κ1) is 21.9. The van der Waals surface area contributed by atoms with E-state index >= 15 is 0 Å². The Morgan fingerprint density at radius 3 is 2.84 bits per heavy atom. The number of amides is 1. The van der Waals surface area contributed by atoms with Gasteiger partial charge in [0.15, 0.2) is 5.82 Å². The number of aromatic nitrogens is 2. The number of methoxy groups -OCH3 is 1. The van der Waals surface area contributed by atoms with Gasteiger partial charge in [0.1, 0.15) is 17.5 Å². The lowest BCUT2D eigenvalue weighted by molar-refractivity contribution is -0.135. The van der Waals surface area contributed by atoms with Crippen molar-refractivity contribution in [2.75, 3.05) is 20.3 Å². The molecule has 0 bridgehead atoms. The molecule has 2 aromatic carbocycles. The third kappa shape index (κ3) is 5.46. The molecule has 1 aliphatic rings. The summed E-state index contributed by atoms with van der Waals surface area (Å²) < 4.78 is 16.6. The van der Waals surface area contributed by atoms with E-state index in [0.29, 0.717) is 37.7 Å². The van der Waals surface area contributed by atoms with Crippen molar-refractivity contribution in [3.05, 3.63) is 71.4 Å². The first-order valence-electron chi connectivity index (χ1n) is 11.1. The summed E-state index contributed by atoms with van der Waals surface area (Å²) in [6, 6.07) is 15.4. The van der Waals surface area contributed by atoms with E-state index in [9.17, 15) is 4.79 Å². The minimum atomic E-state index is -0.180. The van der Waals surface area contributed by atoms with Crippen molar-refractivity contribution in [2.45, 2.75) is 45.1 Å². The maximum atomic E-state index is 13.1. The Kier molecular flexibility index (Phi) is 7.04. The number of aryl methyl sites for hydroxylation is 1. The molecule has 1 unspecified atom stereocenters. The van der Waals surface area contributed by atoms with E-state index in [1.54, 1.807) is 7.11 Å². The highest BCUT2D eigenvalue weighted by molar-refractivity contribution is 5.79. The Morgan fingerprint density at radius 1 is 1.16 bits per heavy atom. The molecule has 0 saturated carbocycles. The van der Waals surface area contributed by atoms with Crippen molar-refractivity contribution < 1.29 is 18.8 Å². The van der Waals surface area contributed by atoms with Crippen LogP contribution in [0.4, 0.5) is 0 Å². The van der Waals surface area contributed by atoms with E-state index in [1.807, 2.05) is 60.4 Å². The number of carbonyl (C=O) groups is 1. The summed E-state index contributed by atoms with van der Waals surface area (Å²) in [5.74, 6) is 2.74. The number of nitrogens with zero attached hydrogens (tertiary/aromatic N) is 3. The molecule has 168 valence electrons. The monoisotopic (exact) mass is 435 g/mol. The highest BCUT2D eigenvalue weighted by Gasteiger charge is 2.32. The average molecular weight is 436 g/mol. The van der Waals surface area contributed by atoms with Gasteiger partial charge in [0, 0.05) is 13.0 Å². The van der Waals surface area contributed by atoms with E-state index in [-0.39, 0.29) is 11.9 Å². The van der Waals surface area contributed by atoms with Crippen molar-refractivity contribution in [3.8, 4) is 11.5 Å². The van der Waals surface area contributed by atoms with Gasteiger partial charge in [-0.15, -0.1) is 0 Å². The number of ether oxygens (including phenoxy) is 2. The predicted molar refractivity (Wildman–Crippen MR) is 120 cm³/mol. The highest BCUT2D eigenvalue weighted by atomic mass is 16.5. The van der Waals surface area contributed by atoms with Gasteiger partial charge in [-0.2, -0.15) is 4.98 Å². The fourth-order valence-electron chi connectivity index (χ4n) is 4.02. The third-order valence-electron chi connectivity index (χ3n) is 5.67. The zero-order chi connectivity index (χ0) is 22.3. The minimum absolute atomic E-state index is 0.0606. The quantitative estimate of drug-likeness (QED) is 0.525. The zero-order valence-corrected chi connectivity index (χ0v) is 18.6. The molecule has 7 nitrogen and oxygen atoms in total. The van der Waals surface area contributed by atoms with Crippen LogP contribution in [0.3, 0.4) is 0 Å². The van der Waals surface area contributed by atoms with Gasteiger partial charge >= 0.3 is 0 Å². The molecule has 1 saturated heterocycles. The number of rotatable bonds is 8. The molecule has 1 aliphatic heterocycles. The SMILES string of the molecule is COc1cccc(CC(=O)N2CCCCC2c2nc(CCOc3cccc(C)c3)no2)c1. The minimum Gasteiger partial charge on any atom is -0.497 e. The standard InChI is InChI=1S/C25H29N3O4/c1-18-7-5-10-21(15-18)31-14-12-23-26-25(32-27-23)22-11-3-4-13-28(22)24(29)17-19-8-6-9-20(16-19)30-2/h5-10,15-16,22H,3-4,11-14,17H2,1-2H3. The van der Waals surface area contributed by atoms with Crippen LogP contribution in [-0.2, 0) is 17.6 Å². The maximum absolute atomic E-state index is 13.1. The number of likely N-dealkylation sites (tertiary alicyclic amines) is 1. The van der Waals surface area contributed by atoms with Crippen LogP contribution in [0.5, 0.6) is 11.5 Å². The van der Waals surface area contributed by atoms with Gasteiger partial charge in [-0.1, -0.05) is 29.4 Å². The van der Waals surface area contributed by atoms with Crippen LogP contribution in [0.15, 0.2) is 53.1 Å². The lowest BCUT2D eigenvalue weighted by Crippen LogP contribution is -2.39. The molecule has 4 rings (SSSR count). The lowest BCUT2D eigenvalue weighted by Gasteiger charge is -2.33. The Morgan fingerprint density at radius 2 is 2.00 bits per heavy atom. The topological polar surface area (TPSA) is 77.7 Å². The number of piperidine rings is 1. The molecule has 32 heavy (non-hydrogen) atoms. The largest absolute Gasteiger partial charge is 0.497 e. The van der Waals surface area contributed by atoms with Crippen LogP contribution in [0.2, 0.25) is 0 Å². The van der Waals surface area contributed by atoms with E-state index < -0.39 is 0 Å². The van der Waals surface area contributed by atoms with E-state index in [1.165, 1.54) is 0 Å². The molecule has 1 atom stereocenters. The van der Waals surface area contributed by atoms with E-state index in [4.69, 9.17) is 14.0 Å². The normalized spacial score (nSPS) is 16.1. The number of benzene rings is 2. The molecule has 1 amide bonds. The Hall–Kier alpha value is -3.35. The van der Waals surface area contributed by atoms with Gasteiger partial charge in [-0.3, -0.25) is 4.79 Å². The molecule has 1 fully saturated rings. The first-order chi connectivity index (χ1) is 15.6. The van der Waals surface area contributed by atoms with Crippen molar-refractivity contribution in [3.63, 3.8) is 0 Å². The van der Waals surface area contributed by atoms with Crippen LogP contribution in [0, 0.1) is 6.92 Å². The second kappa shape index (κ2) is 10.3. The molecule has 2 heterocycles. The second-order valence-electron chi connectivity index (χ2n) is 8.09. The molecular formula is C25H29N3O4. The van der Waals surface area contributed by atoms with Gasteiger partial charge < -0.3 is 18.9 Å². The Labute approximate surface area is 188 Å². The number of carbonyl (C=O) groups excluding carboxylic acids is 1. The van der Waals surface area contributed by atoms with E-state index in [0.717, 1.165) is 41.9 Å². The highest BCUT2D eigenvalue weighted by Crippen LogP contribution is 2.30. The summed E-state index contributed by atoms with van der Waals surface area (Å²) >= 11 is 0. The summed E-state index contributed by atoms with van der Waals surface area (Å²) in [6.45, 7) is 3.19. The smallest absolute Gasteiger partial charge is 0.249 e. The average Bonchev–Trinajstić information content (AvgIpc) is 3.28. The molecule has 0 N–H and O–H groups in total. The number of hydrogen-bond acceptors (Lipinski definition) is 6. The van der Waals surface area contributed by atoms with Crippen LogP contribution >= 0.6 is 0 Å². The lowest BCUT2D eigenvalue weighted by atomic mass is 10.0. The summed E-state index contributed by atoms with van der Waals surface area (Å²) in [7, 11) is 1.63. The molecular weight excluding hydrogens is 406 g/mol. The van der Waals surface area contributed by atoms with Crippen LogP contribution < -0.4 is 9.47 Å². The molecule has 3 aromatic rings. The van der Waals surface area contributed by atoms with Crippen molar-refractivity contribution in [1.82, 2.24) is 15.0 Å².